The Labute approximate surface area is 97.8 Å². The monoisotopic (exact) mass is 239 g/mol. The zero-order valence-electron chi connectivity index (χ0n) is 9.43. The second kappa shape index (κ2) is 5.20. The maximum absolute atomic E-state index is 11.7. The van der Waals surface area contributed by atoms with E-state index in [4.69, 9.17) is 0 Å². The number of aromatic hydroxyl groups is 2. The third kappa shape index (κ3) is 2.87. The highest BCUT2D eigenvalue weighted by atomic mass is 16.5. The van der Waals surface area contributed by atoms with Crippen LogP contribution in [0.5, 0.6) is 11.5 Å². The number of nitrogens with one attached hydrogen (secondary N) is 1. The van der Waals surface area contributed by atoms with E-state index in [1.807, 2.05) is 0 Å². The molecule has 0 fully saturated rings. The molecule has 0 aliphatic heterocycles. The number of carbonyl (C=O) groups is 2. The Morgan fingerprint density at radius 1 is 1.29 bits per heavy atom. The van der Waals surface area contributed by atoms with Crippen molar-refractivity contribution in [2.75, 3.05) is 7.11 Å². The summed E-state index contributed by atoms with van der Waals surface area (Å²) in [6.45, 7) is 1.43. The van der Waals surface area contributed by atoms with Gasteiger partial charge in [-0.25, -0.2) is 4.79 Å². The highest BCUT2D eigenvalue weighted by Crippen LogP contribution is 2.25. The molecule has 0 aromatic heterocycles. The number of ether oxygens (including phenoxy) is 1. The van der Waals surface area contributed by atoms with Crippen molar-refractivity contribution in [2.45, 2.75) is 13.0 Å². The predicted molar refractivity (Wildman–Crippen MR) is 58.7 cm³/mol. The van der Waals surface area contributed by atoms with E-state index in [1.54, 1.807) is 0 Å². The van der Waals surface area contributed by atoms with Crippen molar-refractivity contribution in [3.8, 4) is 11.5 Å². The molecular weight excluding hydrogens is 226 g/mol. The lowest BCUT2D eigenvalue weighted by atomic mass is 10.1. The van der Waals surface area contributed by atoms with Crippen LogP contribution >= 0.6 is 0 Å². The molecule has 0 bridgehead atoms. The first kappa shape index (κ1) is 12.8. The van der Waals surface area contributed by atoms with Crippen LogP contribution in [0.15, 0.2) is 18.2 Å². The van der Waals surface area contributed by atoms with Gasteiger partial charge in [0, 0.05) is 0 Å². The summed E-state index contributed by atoms with van der Waals surface area (Å²) in [7, 11) is 1.20. The van der Waals surface area contributed by atoms with Crippen molar-refractivity contribution < 1.29 is 24.5 Å². The van der Waals surface area contributed by atoms with Crippen LogP contribution in [-0.2, 0) is 9.53 Å². The third-order valence-electron chi connectivity index (χ3n) is 2.15. The largest absolute Gasteiger partial charge is 0.507 e. The molecule has 6 heteroatoms. The van der Waals surface area contributed by atoms with Gasteiger partial charge in [-0.2, -0.15) is 0 Å². The van der Waals surface area contributed by atoms with E-state index < -0.39 is 17.9 Å². The number of phenolic OH excluding ortho intramolecular Hbond substituents is 2. The van der Waals surface area contributed by atoms with Crippen LogP contribution in [0.4, 0.5) is 0 Å². The normalized spacial score (nSPS) is 11.6. The van der Waals surface area contributed by atoms with E-state index in [-0.39, 0.29) is 17.1 Å². The molecule has 6 nitrogen and oxygen atoms in total. The molecule has 17 heavy (non-hydrogen) atoms. The maximum atomic E-state index is 11.7. The van der Waals surface area contributed by atoms with Crippen molar-refractivity contribution in [2.24, 2.45) is 0 Å². The predicted octanol–water partition coefficient (Wildman–Crippen LogP) is 0.389. The van der Waals surface area contributed by atoms with Crippen molar-refractivity contribution in [1.82, 2.24) is 5.32 Å². The van der Waals surface area contributed by atoms with Gasteiger partial charge in [0.25, 0.3) is 5.91 Å². The van der Waals surface area contributed by atoms with Crippen molar-refractivity contribution >= 4 is 11.9 Å². The number of amides is 1. The first-order chi connectivity index (χ1) is 7.97. The fraction of sp³-hybridized carbons (Fsp3) is 0.273. The van der Waals surface area contributed by atoms with Gasteiger partial charge in [-0.15, -0.1) is 0 Å². The first-order valence-corrected chi connectivity index (χ1v) is 4.87. The fourth-order valence-electron chi connectivity index (χ4n) is 1.27. The topological polar surface area (TPSA) is 95.9 Å². The standard InChI is InChI=1S/C11H13NO5/c1-6(11(16)17-2)12-10(15)9-7(13)4-3-5-8(9)14/h3-6,13-14H,1-2H3,(H,12,15). The highest BCUT2D eigenvalue weighted by molar-refractivity contribution is 6.01. The van der Waals surface area contributed by atoms with Crippen LogP contribution in [0.25, 0.3) is 0 Å². The van der Waals surface area contributed by atoms with Crippen LogP contribution in [0, 0.1) is 0 Å². The van der Waals surface area contributed by atoms with Gasteiger partial charge in [-0.1, -0.05) is 6.07 Å². The summed E-state index contributed by atoms with van der Waals surface area (Å²) in [5.74, 6) is -2.09. The molecule has 0 aliphatic carbocycles. The second-order valence-electron chi connectivity index (χ2n) is 3.39. The fourth-order valence-corrected chi connectivity index (χ4v) is 1.27. The summed E-state index contributed by atoms with van der Waals surface area (Å²) < 4.78 is 4.43. The number of methoxy groups -OCH3 is 1. The summed E-state index contributed by atoms with van der Waals surface area (Å²) in [4.78, 5) is 22.8. The molecule has 0 heterocycles. The van der Waals surface area contributed by atoms with E-state index in [9.17, 15) is 19.8 Å². The van der Waals surface area contributed by atoms with Crippen LogP contribution < -0.4 is 5.32 Å². The van der Waals surface area contributed by atoms with Crippen molar-refractivity contribution in [3.05, 3.63) is 23.8 Å². The Hall–Kier alpha value is -2.24. The average molecular weight is 239 g/mol. The van der Waals surface area contributed by atoms with Gasteiger partial charge in [0.1, 0.15) is 23.1 Å². The van der Waals surface area contributed by atoms with E-state index in [2.05, 4.69) is 10.1 Å². The van der Waals surface area contributed by atoms with Crippen molar-refractivity contribution in [1.29, 1.82) is 0 Å². The number of hydrogen-bond donors (Lipinski definition) is 3. The molecular formula is C11H13NO5. The van der Waals surface area contributed by atoms with Gasteiger partial charge in [-0.3, -0.25) is 4.79 Å². The lowest BCUT2D eigenvalue weighted by Crippen LogP contribution is -2.39. The molecule has 1 aromatic carbocycles. The van der Waals surface area contributed by atoms with Crippen LogP contribution in [0.3, 0.4) is 0 Å². The van der Waals surface area contributed by atoms with E-state index >= 15 is 0 Å². The number of benzene rings is 1. The summed E-state index contributed by atoms with van der Waals surface area (Å²) in [6.07, 6.45) is 0. The van der Waals surface area contributed by atoms with Crippen LogP contribution in [-0.4, -0.2) is 35.2 Å². The smallest absolute Gasteiger partial charge is 0.328 e. The van der Waals surface area contributed by atoms with E-state index in [0.29, 0.717) is 0 Å². The van der Waals surface area contributed by atoms with E-state index in [0.717, 1.165) is 0 Å². The molecule has 1 rings (SSSR count). The molecule has 0 saturated carbocycles. The summed E-state index contributed by atoms with van der Waals surface area (Å²) in [5, 5.41) is 21.2. The lowest BCUT2D eigenvalue weighted by molar-refractivity contribution is -0.142. The Kier molecular flexibility index (Phi) is 3.92. The number of phenols is 2. The molecule has 1 atom stereocenters. The summed E-state index contributed by atoms with van der Waals surface area (Å²) in [5.41, 5.74) is -0.275. The molecule has 0 spiro atoms. The minimum atomic E-state index is -0.869. The van der Waals surface area contributed by atoms with Gasteiger partial charge < -0.3 is 20.3 Å². The SMILES string of the molecule is COC(=O)C(C)NC(=O)c1c(O)cccc1O. The molecule has 1 aromatic rings. The maximum Gasteiger partial charge on any atom is 0.328 e. The zero-order chi connectivity index (χ0) is 13.0. The Morgan fingerprint density at radius 3 is 2.29 bits per heavy atom. The molecule has 0 radical (unpaired) electrons. The van der Waals surface area contributed by atoms with Gasteiger partial charge in [0.15, 0.2) is 0 Å². The Morgan fingerprint density at radius 2 is 1.82 bits per heavy atom. The molecule has 1 amide bonds. The minimum absolute atomic E-state index is 0.275. The molecule has 92 valence electrons. The van der Waals surface area contributed by atoms with Crippen LogP contribution in [0.2, 0.25) is 0 Å². The Bertz CT molecular complexity index is 423. The lowest BCUT2D eigenvalue weighted by Gasteiger charge is -2.12. The number of rotatable bonds is 3. The Balaban J connectivity index is 2.87. The minimum Gasteiger partial charge on any atom is -0.507 e. The van der Waals surface area contributed by atoms with Gasteiger partial charge >= 0.3 is 5.97 Å². The molecule has 0 aliphatic rings. The summed E-state index contributed by atoms with van der Waals surface area (Å²) in [6, 6.07) is 3.05. The summed E-state index contributed by atoms with van der Waals surface area (Å²) >= 11 is 0. The van der Waals surface area contributed by atoms with E-state index in [1.165, 1.54) is 32.2 Å². The van der Waals surface area contributed by atoms with Gasteiger partial charge in [0.2, 0.25) is 0 Å². The second-order valence-corrected chi connectivity index (χ2v) is 3.39. The first-order valence-electron chi connectivity index (χ1n) is 4.87. The van der Waals surface area contributed by atoms with Crippen LogP contribution in [0.1, 0.15) is 17.3 Å². The molecule has 3 N–H and O–H groups in total. The number of hydrogen-bond acceptors (Lipinski definition) is 5. The van der Waals surface area contributed by atoms with Gasteiger partial charge in [0.05, 0.1) is 7.11 Å². The third-order valence-corrected chi connectivity index (χ3v) is 2.15. The average Bonchev–Trinajstić information content (AvgIpc) is 2.27. The number of carbonyl (C=O) groups excluding carboxylic acids is 2. The molecule has 0 saturated heterocycles. The quantitative estimate of drug-likeness (QED) is 0.663. The van der Waals surface area contributed by atoms with Gasteiger partial charge in [-0.05, 0) is 19.1 Å². The zero-order valence-corrected chi connectivity index (χ0v) is 9.43. The van der Waals surface area contributed by atoms with Crippen molar-refractivity contribution in [3.63, 3.8) is 0 Å². The number of esters is 1. The highest BCUT2D eigenvalue weighted by Gasteiger charge is 2.21. The molecule has 1 unspecified atom stereocenters.